The molecule has 1 rings (SSSR count). The summed E-state index contributed by atoms with van der Waals surface area (Å²) in [6.45, 7) is 1.54. The summed E-state index contributed by atoms with van der Waals surface area (Å²) in [6.07, 6.45) is 0.120. The second kappa shape index (κ2) is 7.29. The van der Waals surface area contributed by atoms with Gasteiger partial charge in [0.05, 0.1) is 5.02 Å². The van der Waals surface area contributed by atoms with Crippen molar-refractivity contribution in [1.29, 1.82) is 0 Å². The van der Waals surface area contributed by atoms with E-state index < -0.39 is 23.9 Å². The molecule has 20 heavy (non-hydrogen) atoms. The smallest absolute Gasteiger partial charge is 0.404 e. The highest BCUT2D eigenvalue weighted by atomic mass is 35.5. The highest BCUT2D eigenvalue weighted by molar-refractivity contribution is 6.39. The zero-order valence-corrected chi connectivity index (χ0v) is 11.3. The number of rotatable bonds is 4. The van der Waals surface area contributed by atoms with Crippen LogP contribution in [0, 0.1) is 0 Å². The molecule has 4 N–H and O–H groups in total. The van der Waals surface area contributed by atoms with Crippen molar-refractivity contribution in [2.45, 2.75) is 13.0 Å². The third-order valence-corrected chi connectivity index (χ3v) is 2.34. The minimum absolute atomic E-state index is 0.00734. The third-order valence-electron chi connectivity index (χ3n) is 2.11. The van der Waals surface area contributed by atoms with Gasteiger partial charge in [0, 0.05) is 18.8 Å². The van der Waals surface area contributed by atoms with Gasteiger partial charge in [-0.2, -0.15) is 0 Å². The molecule has 3 amide bonds. The molecule has 0 aliphatic rings. The second-order valence-corrected chi connectivity index (χ2v) is 4.31. The summed E-state index contributed by atoms with van der Waals surface area (Å²) < 4.78 is 0. The quantitative estimate of drug-likeness (QED) is 0.602. The van der Waals surface area contributed by atoms with E-state index in [2.05, 4.69) is 20.9 Å². The molecule has 0 bridgehead atoms. The molecule has 1 aromatic rings. The molecule has 9 heteroatoms. The average Bonchev–Trinajstić information content (AvgIpc) is 2.37. The summed E-state index contributed by atoms with van der Waals surface area (Å²) in [7, 11) is 0. The van der Waals surface area contributed by atoms with Gasteiger partial charge in [0.25, 0.3) is 0 Å². The first-order valence-corrected chi connectivity index (χ1v) is 5.96. The van der Waals surface area contributed by atoms with E-state index in [1.165, 1.54) is 18.3 Å². The van der Waals surface area contributed by atoms with Crippen molar-refractivity contribution in [1.82, 2.24) is 15.6 Å². The van der Waals surface area contributed by atoms with Gasteiger partial charge in [-0.1, -0.05) is 11.6 Å². The number of hydrogen-bond acceptors (Lipinski definition) is 4. The molecule has 0 radical (unpaired) electrons. The van der Waals surface area contributed by atoms with Gasteiger partial charge in [0.2, 0.25) is 0 Å². The molecule has 0 aliphatic carbocycles. The third kappa shape index (κ3) is 5.53. The van der Waals surface area contributed by atoms with Crippen LogP contribution < -0.4 is 16.0 Å². The monoisotopic (exact) mass is 300 g/mol. The van der Waals surface area contributed by atoms with E-state index in [-0.39, 0.29) is 12.4 Å². The lowest BCUT2D eigenvalue weighted by Crippen LogP contribution is -2.44. The fourth-order valence-corrected chi connectivity index (χ4v) is 1.32. The zero-order valence-electron chi connectivity index (χ0n) is 10.5. The predicted molar refractivity (Wildman–Crippen MR) is 71.5 cm³/mol. The Morgan fingerprint density at radius 3 is 2.60 bits per heavy atom. The lowest BCUT2D eigenvalue weighted by molar-refractivity contribution is -0.136. The molecule has 0 aromatic carbocycles. The number of pyridine rings is 1. The normalized spacial score (nSPS) is 11.3. The van der Waals surface area contributed by atoms with Gasteiger partial charge in [-0.05, 0) is 19.1 Å². The summed E-state index contributed by atoms with van der Waals surface area (Å²) in [5.41, 5.74) is 0. The number of carboxylic acid groups (broad SMARTS) is 1. The Morgan fingerprint density at radius 2 is 2.05 bits per heavy atom. The van der Waals surface area contributed by atoms with Crippen LogP contribution in [0.15, 0.2) is 18.3 Å². The molecule has 1 atom stereocenters. The largest absolute Gasteiger partial charge is 0.465 e. The first-order valence-electron chi connectivity index (χ1n) is 5.58. The van der Waals surface area contributed by atoms with Crippen molar-refractivity contribution in [2.24, 2.45) is 0 Å². The lowest BCUT2D eigenvalue weighted by Gasteiger charge is -2.12. The number of nitrogens with one attached hydrogen (secondary N) is 3. The standard InChI is InChI=1S/C11H13ClN4O4/c1-6(15-11(19)20)4-14-9(17)10(18)16-8-3-2-7(12)5-13-8/h2-3,5-6,15H,4H2,1H3,(H,14,17)(H,19,20)(H,13,16,18). The Hall–Kier alpha value is -2.35. The molecule has 1 unspecified atom stereocenters. The van der Waals surface area contributed by atoms with E-state index in [1.54, 1.807) is 6.92 Å². The topological polar surface area (TPSA) is 120 Å². The molecule has 1 aromatic heterocycles. The van der Waals surface area contributed by atoms with E-state index in [9.17, 15) is 14.4 Å². The summed E-state index contributed by atoms with van der Waals surface area (Å²) in [4.78, 5) is 37.1. The molecular formula is C11H13ClN4O4. The molecule has 1 heterocycles. The van der Waals surface area contributed by atoms with Crippen molar-refractivity contribution in [2.75, 3.05) is 11.9 Å². The lowest BCUT2D eigenvalue weighted by atomic mass is 10.3. The minimum Gasteiger partial charge on any atom is -0.465 e. The summed E-state index contributed by atoms with van der Waals surface area (Å²) in [5.74, 6) is -1.60. The summed E-state index contributed by atoms with van der Waals surface area (Å²) >= 11 is 5.63. The van der Waals surface area contributed by atoms with Crippen LogP contribution in [0.3, 0.4) is 0 Å². The van der Waals surface area contributed by atoms with E-state index in [0.29, 0.717) is 5.02 Å². The van der Waals surface area contributed by atoms with Crippen LogP contribution in [0.25, 0.3) is 0 Å². The highest BCUT2D eigenvalue weighted by Gasteiger charge is 2.15. The number of amides is 3. The van der Waals surface area contributed by atoms with E-state index in [1.807, 2.05) is 0 Å². The van der Waals surface area contributed by atoms with Gasteiger partial charge in [-0.25, -0.2) is 9.78 Å². The average molecular weight is 301 g/mol. The number of anilines is 1. The van der Waals surface area contributed by atoms with Crippen LogP contribution >= 0.6 is 11.6 Å². The Labute approximate surface area is 119 Å². The summed E-state index contributed by atoms with van der Waals surface area (Å²) in [5, 5.41) is 15.6. The van der Waals surface area contributed by atoms with Gasteiger partial charge in [0.15, 0.2) is 0 Å². The molecule has 0 spiro atoms. The van der Waals surface area contributed by atoms with Gasteiger partial charge >= 0.3 is 17.9 Å². The van der Waals surface area contributed by atoms with Crippen molar-refractivity contribution >= 4 is 35.3 Å². The van der Waals surface area contributed by atoms with Gasteiger partial charge < -0.3 is 21.1 Å². The van der Waals surface area contributed by atoms with Crippen LogP contribution in [0.1, 0.15) is 6.92 Å². The SMILES string of the molecule is CC(CNC(=O)C(=O)Nc1ccc(Cl)cn1)NC(=O)O. The number of nitrogens with zero attached hydrogens (tertiary/aromatic N) is 1. The number of carbonyl (C=O) groups excluding carboxylic acids is 2. The molecule has 0 fully saturated rings. The van der Waals surface area contributed by atoms with Crippen LogP contribution in [-0.2, 0) is 9.59 Å². The molecule has 8 nitrogen and oxygen atoms in total. The molecule has 108 valence electrons. The van der Waals surface area contributed by atoms with Crippen LogP contribution in [0.5, 0.6) is 0 Å². The van der Waals surface area contributed by atoms with E-state index >= 15 is 0 Å². The maximum absolute atomic E-state index is 11.5. The fourth-order valence-electron chi connectivity index (χ4n) is 1.21. The zero-order chi connectivity index (χ0) is 15.1. The molecule has 0 saturated carbocycles. The first-order chi connectivity index (χ1) is 9.38. The molecule has 0 aliphatic heterocycles. The van der Waals surface area contributed by atoms with Crippen molar-refractivity contribution in [3.8, 4) is 0 Å². The van der Waals surface area contributed by atoms with Crippen LogP contribution in [0.2, 0.25) is 5.02 Å². The van der Waals surface area contributed by atoms with Gasteiger partial charge in [0.1, 0.15) is 5.82 Å². The maximum atomic E-state index is 11.5. The number of hydrogen-bond donors (Lipinski definition) is 4. The Bertz CT molecular complexity index is 506. The number of halogens is 1. The van der Waals surface area contributed by atoms with Crippen LogP contribution in [0.4, 0.5) is 10.6 Å². The van der Waals surface area contributed by atoms with Crippen LogP contribution in [-0.4, -0.2) is 40.6 Å². The van der Waals surface area contributed by atoms with Crippen molar-refractivity contribution in [3.05, 3.63) is 23.4 Å². The Kier molecular flexibility index (Phi) is 5.73. The summed E-state index contributed by atoms with van der Waals surface area (Å²) in [6, 6.07) is 2.45. The Morgan fingerprint density at radius 1 is 1.35 bits per heavy atom. The number of aromatic nitrogens is 1. The van der Waals surface area contributed by atoms with Crippen molar-refractivity contribution in [3.63, 3.8) is 0 Å². The molecular weight excluding hydrogens is 288 g/mol. The molecule has 0 saturated heterocycles. The van der Waals surface area contributed by atoms with Gasteiger partial charge in [-0.3, -0.25) is 9.59 Å². The second-order valence-electron chi connectivity index (χ2n) is 3.88. The van der Waals surface area contributed by atoms with E-state index in [0.717, 1.165) is 0 Å². The van der Waals surface area contributed by atoms with Crippen molar-refractivity contribution < 1.29 is 19.5 Å². The van der Waals surface area contributed by atoms with E-state index in [4.69, 9.17) is 16.7 Å². The first kappa shape index (κ1) is 15.7. The fraction of sp³-hybridized carbons (Fsp3) is 0.273. The van der Waals surface area contributed by atoms with Gasteiger partial charge in [-0.15, -0.1) is 0 Å². The Balaban J connectivity index is 2.41. The maximum Gasteiger partial charge on any atom is 0.404 e. The minimum atomic E-state index is -1.21. The predicted octanol–water partition coefficient (Wildman–Crippen LogP) is 0.446. The highest BCUT2D eigenvalue weighted by Crippen LogP contribution is 2.09. The number of carbonyl (C=O) groups is 3.